The predicted octanol–water partition coefficient (Wildman–Crippen LogP) is 4.45. The van der Waals surface area contributed by atoms with Crippen LogP contribution >= 0.6 is 0 Å². The van der Waals surface area contributed by atoms with Crippen molar-refractivity contribution in [3.63, 3.8) is 0 Å². The fraction of sp³-hybridized carbons (Fsp3) is 0.812. The summed E-state index contributed by atoms with van der Waals surface area (Å²) in [5.74, 6) is 0.586. The summed E-state index contributed by atoms with van der Waals surface area (Å²) in [5, 5.41) is 3.08. The van der Waals surface area contributed by atoms with Gasteiger partial charge in [0.2, 0.25) is 5.91 Å². The molecular weight excluding hydrogens is 222 g/mol. The van der Waals surface area contributed by atoms with Gasteiger partial charge in [0.15, 0.2) is 0 Å². The van der Waals surface area contributed by atoms with Gasteiger partial charge in [0, 0.05) is 6.42 Å². The molecule has 1 unspecified atom stereocenters. The topological polar surface area (TPSA) is 29.1 Å². The predicted molar refractivity (Wildman–Crippen MR) is 79.6 cm³/mol. The lowest BCUT2D eigenvalue weighted by molar-refractivity contribution is -0.121. The highest BCUT2D eigenvalue weighted by atomic mass is 16.1. The maximum atomic E-state index is 11.8. The summed E-state index contributed by atoms with van der Waals surface area (Å²) < 4.78 is 0. The lowest BCUT2D eigenvalue weighted by atomic mass is 9.98. The van der Waals surface area contributed by atoms with Crippen LogP contribution in [0.3, 0.4) is 0 Å². The molecule has 0 fully saturated rings. The van der Waals surface area contributed by atoms with Crippen LogP contribution in [0.4, 0.5) is 0 Å². The molecule has 2 nitrogen and oxygen atoms in total. The van der Waals surface area contributed by atoms with Gasteiger partial charge in [0.25, 0.3) is 0 Å². The van der Waals surface area contributed by atoms with Gasteiger partial charge in [-0.05, 0) is 19.3 Å². The molecule has 0 aliphatic heterocycles. The average Bonchev–Trinajstić information content (AvgIpc) is 2.29. The molecule has 0 saturated heterocycles. The molecule has 1 N–H and O–H groups in total. The number of hydrogen-bond donors (Lipinski definition) is 1. The van der Waals surface area contributed by atoms with Crippen LogP contribution in [0, 0.1) is 5.92 Å². The van der Waals surface area contributed by atoms with E-state index in [0.29, 0.717) is 12.3 Å². The minimum atomic E-state index is 0.123. The van der Waals surface area contributed by atoms with Crippen molar-refractivity contribution < 1.29 is 4.79 Å². The van der Waals surface area contributed by atoms with Crippen molar-refractivity contribution in [3.05, 3.63) is 12.2 Å². The Morgan fingerprint density at radius 2 is 1.67 bits per heavy atom. The van der Waals surface area contributed by atoms with Gasteiger partial charge in [-0.15, -0.1) is 0 Å². The van der Waals surface area contributed by atoms with Crippen LogP contribution < -0.4 is 5.32 Å². The van der Waals surface area contributed by atoms with Gasteiger partial charge in [0.1, 0.15) is 0 Å². The lowest BCUT2D eigenvalue weighted by Gasteiger charge is -2.22. The second-order valence-electron chi connectivity index (χ2n) is 5.65. The maximum Gasteiger partial charge on any atom is 0.220 e. The third-order valence-electron chi connectivity index (χ3n) is 3.27. The zero-order valence-electron chi connectivity index (χ0n) is 12.7. The maximum absolute atomic E-state index is 11.8. The van der Waals surface area contributed by atoms with Gasteiger partial charge >= 0.3 is 0 Å². The molecule has 0 heterocycles. The summed E-state index contributed by atoms with van der Waals surface area (Å²) in [7, 11) is 0. The van der Waals surface area contributed by atoms with Gasteiger partial charge in [-0.1, -0.05) is 65.0 Å². The highest BCUT2D eigenvalue weighted by Crippen LogP contribution is 2.11. The average molecular weight is 253 g/mol. The highest BCUT2D eigenvalue weighted by Gasteiger charge is 2.16. The molecule has 1 atom stereocenters. The molecular formula is C16H31NO. The van der Waals surface area contributed by atoms with E-state index >= 15 is 0 Å². The van der Waals surface area contributed by atoms with Crippen molar-refractivity contribution in [1.82, 2.24) is 5.32 Å². The van der Waals surface area contributed by atoms with Crippen molar-refractivity contribution in [2.75, 3.05) is 0 Å². The molecule has 0 aromatic heterocycles. The van der Waals surface area contributed by atoms with Gasteiger partial charge in [0.05, 0.1) is 6.04 Å². The van der Waals surface area contributed by atoms with E-state index in [9.17, 15) is 4.79 Å². The Kier molecular flexibility index (Phi) is 9.72. The molecule has 0 aromatic carbocycles. The van der Waals surface area contributed by atoms with E-state index in [1.54, 1.807) is 0 Å². The van der Waals surface area contributed by atoms with Crippen molar-refractivity contribution in [1.29, 1.82) is 0 Å². The van der Waals surface area contributed by atoms with E-state index in [0.717, 1.165) is 12.0 Å². The SMILES string of the molecule is C=C(C)C(NC(=O)CCCCCCCC)C(C)C. The van der Waals surface area contributed by atoms with Crippen LogP contribution in [0.2, 0.25) is 0 Å². The standard InChI is InChI=1S/C16H31NO/c1-6-7-8-9-10-11-12-15(18)17-16(13(2)3)14(4)5/h14,16H,2,6-12H2,1,3-5H3,(H,17,18). The second kappa shape index (κ2) is 10.2. The Bertz CT molecular complexity index is 245. The third kappa shape index (κ3) is 8.32. The molecule has 0 rings (SSSR count). The fourth-order valence-corrected chi connectivity index (χ4v) is 2.17. The minimum Gasteiger partial charge on any atom is -0.349 e. The van der Waals surface area contributed by atoms with Crippen molar-refractivity contribution >= 4 is 5.91 Å². The number of nitrogens with one attached hydrogen (secondary N) is 1. The monoisotopic (exact) mass is 253 g/mol. The molecule has 0 bridgehead atoms. The Labute approximate surface area is 113 Å². The first-order valence-electron chi connectivity index (χ1n) is 7.43. The van der Waals surface area contributed by atoms with Gasteiger partial charge in [-0.25, -0.2) is 0 Å². The molecule has 106 valence electrons. The van der Waals surface area contributed by atoms with Crippen molar-refractivity contribution in [3.8, 4) is 0 Å². The van der Waals surface area contributed by atoms with Crippen LogP contribution in [0.1, 0.15) is 72.6 Å². The number of unbranched alkanes of at least 4 members (excludes halogenated alkanes) is 5. The second-order valence-corrected chi connectivity index (χ2v) is 5.65. The number of rotatable bonds is 10. The van der Waals surface area contributed by atoms with E-state index in [2.05, 4.69) is 32.7 Å². The highest BCUT2D eigenvalue weighted by molar-refractivity contribution is 5.76. The minimum absolute atomic E-state index is 0.123. The van der Waals surface area contributed by atoms with E-state index in [-0.39, 0.29) is 11.9 Å². The Morgan fingerprint density at radius 1 is 1.11 bits per heavy atom. The summed E-state index contributed by atoms with van der Waals surface area (Å²) in [6.07, 6.45) is 7.99. The molecule has 0 saturated carbocycles. The summed E-state index contributed by atoms with van der Waals surface area (Å²) in [6.45, 7) is 12.4. The zero-order chi connectivity index (χ0) is 14.0. The summed E-state index contributed by atoms with van der Waals surface area (Å²) in [5.41, 5.74) is 1.04. The van der Waals surface area contributed by atoms with Gasteiger partial charge < -0.3 is 5.32 Å². The van der Waals surface area contributed by atoms with E-state index in [4.69, 9.17) is 0 Å². The number of amides is 1. The molecule has 0 radical (unpaired) electrons. The number of carbonyl (C=O) groups excluding carboxylic acids is 1. The molecule has 1 amide bonds. The molecule has 0 spiro atoms. The van der Waals surface area contributed by atoms with Gasteiger partial charge in [-0.3, -0.25) is 4.79 Å². The molecule has 0 aromatic rings. The van der Waals surface area contributed by atoms with Crippen LogP contribution in [0.25, 0.3) is 0 Å². The first kappa shape index (κ1) is 17.2. The normalized spacial score (nSPS) is 12.5. The summed E-state index contributed by atoms with van der Waals surface area (Å²) in [6, 6.07) is 0.123. The van der Waals surface area contributed by atoms with Crippen LogP contribution in [0.15, 0.2) is 12.2 Å². The Hall–Kier alpha value is -0.790. The zero-order valence-corrected chi connectivity index (χ0v) is 12.7. The summed E-state index contributed by atoms with van der Waals surface area (Å²) >= 11 is 0. The van der Waals surface area contributed by atoms with E-state index in [1.165, 1.54) is 32.1 Å². The Morgan fingerprint density at radius 3 is 2.17 bits per heavy atom. The third-order valence-corrected chi connectivity index (χ3v) is 3.27. The molecule has 0 aliphatic carbocycles. The number of carbonyl (C=O) groups is 1. The number of hydrogen-bond acceptors (Lipinski definition) is 1. The molecule has 18 heavy (non-hydrogen) atoms. The van der Waals surface area contributed by atoms with Gasteiger partial charge in [-0.2, -0.15) is 0 Å². The van der Waals surface area contributed by atoms with Crippen LogP contribution in [-0.4, -0.2) is 11.9 Å². The van der Waals surface area contributed by atoms with Crippen LogP contribution in [-0.2, 0) is 4.79 Å². The van der Waals surface area contributed by atoms with E-state index < -0.39 is 0 Å². The quantitative estimate of drug-likeness (QED) is 0.452. The molecule has 2 heteroatoms. The van der Waals surface area contributed by atoms with E-state index in [1.807, 2.05) is 6.92 Å². The fourth-order valence-electron chi connectivity index (χ4n) is 2.17. The Balaban J connectivity index is 3.72. The smallest absolute Gasteiger partial charge is 0.220 e. The van der Waals surface area contributed by atoms with Crippen LogP contribution in [0.5, 0.6) is 0 Å². The lowest BCUT2D eigenvalue weighted by Crippen LogP contribution is -2.39. The first-order valence-corrected chi connectivity index (χ1v) is 7.43. The molecule has 0 aliphatic rings. The van der Waals surface area contributed by atoms with Crippen molar-refractivity contribution in [2.24, 2.45) is 5.92 Å². The first-order chi connectivity index (χ1) is 8.49. The largest absolute Gasteiger partial charge is 0.349 e. The summed E-state index contributed by atoms with van der Waals surface area (Å²) in [4.78, 5) is 11.8. The van der Waals surface area contributed by atoms with Crippen molar-refractivity contribution in [2.45, 2.75) is 78.7 Å².